The number of hydrogen-bond acceptors (Lipinski definition) is 11. The minimum Gasteiger partial charge on any atom is -0.493 e. The lowest BCUT2D eigenvalue weighted by atomic mass is 10.1. The second-order valence-electron chi connectivity index (χ2n) is 9.44. The largest absolute Gasteiger partial charge is 0.493 e. The maximum atomic E-state index is 15.1. The average Bonchev–Trinajstić information content (AvgIpc) is 3.52. The van der Waals surface area contributed by atoms with Crippen molar-refractivity contribution >= 4 is 43.9 Å². The minimum atomic E-state index is -4.19. The Kier molecular flexibility index (Phi) is 9.60. The van der Waals surface area contributed by atoms with E-state index in [1.807, 2.05) is 0 Å². The molecule has 1 saturated heterocycles. The van der Waals surface area contributed by atoms with Crippen molar-refractivity contribution in [3.63, 3.8) is 0 Å². The summed E-state index contributed by atoms with van der Waals surface area (Å²) in [6.07, 6.45) is 2.37. The van der Waals surface area contributed by atoms with Crippen molar-refractivity contribution in [2.24, 2.45) is 0 Å². The maximum Gasteiger partial charge on any atom is 0.349 e. The molecular formula is C29H30FN3O8S2. The summed E-state index contributed by atoms with van der Waals surface area (Å²) in [5, 5.41) is 2.02. The molecule has 0 spiro atoms. The van der Waals surface area contributed by atoms with Crippen molar-refractivity contribution in [3.05, 3.63) is 64.7 Å². The molecule has 0 unspecified atom stereocenters. The zero-order valence-corrected chi connectivity index (χ0v) is 25.1. The van der Waals surface area contributed by atoms with Crippen molar-refractivity contribution in [2.75, 3.05) is 58.4 Å². The van der Waals surface area contributed by atoms with Gasteiger partial charge in [0.15, 0.2) is 23.1 Å². The van der Waals surface area contributed by atoms with E-state index in [4.69, 9.17) is 18.9 Å². The number of carbonyl (C=O) groups is 1. The van der Waals surface area contributed by atoms with Crippen molar-refractivity contribution in [1.82, 2.24) is 9.88 Å². The van der Waals surface area contributed by atoms with Gasteiger partial charge in [-0.25, -0.2) is 17.6 Å². The topological polar surface area (TPSA) is 126 Å². The molecule has 1 fully saturated rings. The van der Waals surface area contributed by atoms with Crippen LogP contribution in [0, 0.1) is 5.82 Å². The fraction of sp³-hybridized carbons (Fsp3) is 0.310. The van der Waals surface area contributed by atoms with Gasteiger partial charge in [-0.3, -0.25) is 14.6 Å². The van der Waals surface area contributed by atoms with Crippen LogP contribution in [0.4, 0.5) is 10.1 Å². The molecule has 0 radical (unpaired) electrons. The number of halogens is 1. The van der Waals surface area contributed by atoms with Gasteiger partial charge in [0.25, 0.3) is 10.0 Å². The number of thiophene rings is 1. The van der Waals surface area contributed by atoms with Gasteiger partial charge in [0, 0.05) is 43.4 Å². The highest BCUT2D eigenvalue weighted by atomic mass is 32.2. The third-order valence-corrected chi connectivity index (χ3v) is 9.11. The molecular weight excluding hydrogens is 601 g/mol. The second-order valence-corrected chi connectivity index (χ2v) is 12.0. The Morgan fingerprint density at radius 2 is 1.88 bits per heavy atom. The third-order valence-electron chi connectivity index (χ3n) is 6.66. The zero-order valence-electron chi connectivity index (χ0n) is 23.5. The molecule has 14 heteroatoms. The Labute approximate surface area is 252 Å². The van der Waals surface area contributed by atoms with E-state index in [0.29, 0.717) is 34.8 Å². The first-order valence-electron chi connectivity index (χ1n) is 13.3. The minimum absolute atomic E-state index is 0.0523. The summed E-state index contributed by atoms with van der Waals surface area (Å²) in [7, 11) is -1.50. The molecule has 0 saturated carbocycles. The van der Waals surface area contributed by atoms with E-state index >= 15 is 4.39 Å². The van der Waals surface area contributed by atoms with E-state index in [1.165, 1.54) is 36.9 Å². The van der Waals surface area contributed by atoms with E-state index in [2.05, 4.69) is 19.3 Å². The Hall–Kier alpha value is -3.98. The van der Waals surface area contributed by atoms with Gasteiger partial charge in [0.1, 0.15) is 15.5 Å². The fourth-order valence-corrected chi connectivity index (χ4v) is 6.90. The first kappa shape index (κ1) is 30.5. The zero-order chi connectivity index (χ0) is 30.4. The van der Waals surface area contributed by atoms with Crippen molar-refractivity contribution < 1.29 is 41.3 Å². The summed E-state index contributed by atoms with van der Waals surface area (Å²) >= 11 is 0.926. The molecule has 43 heavy (non-hydrogen) atoms. The summed E-state index contributed by atoms with van der Waals surface area (Å²) in [6, 6.07) is 9.98. The van der Waals surface area contributed by atoms with Gasteiger partial charge in [0.05, 0.1) is 45.2 Å². The van der Waals surface area contributed by atoms with Crippen LogP contribution in [-0.4, -0.2) is 77.9 Å². The normalized spacial score (nSPS) is 13.9. The first-order chi connectivity index (χ1) is 20.8. The standard InChI is InChI=1S/C29H30FN3O8S2/c1-37-25-17-20-22(18-26(25)40-12-3-9-33-10-13-39-14-11-33)31-8-6-23(20)41-24-5-4-19(16-21(24)30)32-43(35,36)27-7-15-42-28(27)29(34)38-2/h4-8,15-18,32H,3,9-14H2,1-2H3. The molecule has 2 aromatic carbocycles. The second kappa shape index (κ2) is 13.5. The van der Waals surface area contributed by atoms with Gasteiger partial charge in [0.2, 0.25) is 0 Å². The van der Waals surface area contributed by atoms with Crippen LogP contribution in [-0.2, 0) is 19.5 Å². The summed E-state index contributed by atoms with van der Waals surface area (Å²) in [5.74, 6) is -0.406. The number of nitrogens with one attached hydrogen (secondary N) is 1. The van der Waals surface area contributed by atoms with Gasteiger partial charge in [-0.2, -0.15) is 0 Å². The highest BCUT2D eigenvalue weighted by Crippen LogP contribution is 2.38. The first-order valence-corrected chi connectivity index (χ1v) is 15.7. The van der Waals surface area contributed by atoms with Crippen molar-refractivity contribution in [3.8, 4) is 23.0 Å². The highest BCUT2D eigenvalue weighted by Gasteiger charge is 2.25. The summed E-state index contributed by atoms with van der Waals surface area (Å²) in [5.41, 5.74) is 0.506. The number of sulfonamides is 1. The van der Waals surface area contributed by atoms with Gasteiger partial charge in [-0.05, 0) is 42.1 Å². The summed E-state index contributed by atoms with van der Waals surface area (Å²) in [4.78, 5) is 18.3. The lowest BCUT2D eigenvalue weighted by molar-refractivity contribution is 0.0357. The lowest BCUT2D eigenvalue weighted by Crippen LogP contribution is -2.37. The van der Waals surface area contributed by atoms with Crippen LogP contribution >= 0.6 is 11.3 Å². The van der Waals surface area contributed by atoms with E-state index in [9.17, 15) is 13.2 Å². The molecule has 228 valence electrons. The fourth-order valence-electron chi connectivity index (χ4n) is 4.51. The van der Waals surface area contributed by atoms with Gasteiger partial charge < -0.3 is 23.7 Å². The van der Waals surface area contributed by atoms with E-state index < -0.39 is 21.8 Å². The number of ether oxygens (including phenoxy) is 5. The van der Waals surface area contributed by atoms with Crippen LogP contribution < -0.4 is 18.9 Å². The molecule has 2 aromatic heterocycles. The maximum absolute atomic E-state index is 15.1. The Bertz CT molecular complexity index is 1710. The molecule has 5 rings (SSSR count). The number of hydrogen-bond donors (Lipinski definition) is 1. The van der Waals surface area contributed by atoms with Crippen LogP contribution in [0.15, 0.2) is 58.9 Å². The van der Waals surface area contributed by atoms with E-state index in [1.54, 1.807) is 18.2 Å². The smallest absolute Gasteiger partial charge is 0.349 e. The molecule has 0 bridgehead atoms. The molecule has 1 N–H and O–H groups in total. The van der Waals surface area contributed by atoms with E-state index in [-0.39, 0.29) is 21.2 Å². The molecule has 3 heterocycles. The number of carbonyl (C=O) groups excluding carboxylic acids is 1. The van der Waals surface area contributed by atoms with Gasteiger partial charge in [-0.15, -0.1) is 11.3 Å². The number of aromatic nitrogens is 1. The van der Waals surface area contributed by atoms with Crippen molar-refractivity contribution in [2.45, 2.75) is 11.3 Å². The number of esters is 1. The van der Waals surface area contributed by atoms with Crippen LogP contribution in [0.3, 0.4) is 0 Å². The third kappa shape index (κ3) is 7.16. The number of pyridine rings is 1. The molecule has 1 aliphatic rings. The Morgan fingerprint density at radius 3 is 2.63 bits per heavy atom. The Balaban J connectivity index is 1.30. The molecule has 11 nitrogen and oxygen atoms in total. The number of nitrogens with zero attached hydrogens (tertiary/aromatic N) is 2. The molecule has 4 aromatic rings. The van der Waals surface area contributed by atoms with E-state index in [0.717, 1.165) is 63.8 Å². The molecule has 0 atom stereocenters. The van der Waals surface area contributed by atoms with Crippen LogP contribution in [0.1, 0.15) is 16.1 Å². The molecule has 0 amide bonds. The van der Waals surface area contributed by atoms with Crippen LogP contribution in [0.5, 0.6) is 23.0 Å². The number of fused-ring (bicyclic) bond motifs is 1. The molecule has 0 aliphatic carbocycles. The summed E-state index contributed by atoms with van der Waals surface area (Å²) < 4.78 is 70.6. The average molecular weight is 632 g/mol. The monoisotopic (exact) mass is 631 g/mol. The van der Waals surface area contributed by atoms with Gasteiger partial charge in [-0.1, -0.05) is 0 Å². The predicted molar refractivity (Wildman–Crippen MR) is 159 cm³/mol. The number of methoxy groups -OCH3 is 2. The number of rotatable bonds is 12. The summed E-state index contributed by atoms with van der Waals surface area (Å²) in [6.45, 7) is 4.72. The SMILES string of the molecule is COC(=O)c1sccc1S(=O)(=O)Nc1ccc(Oc2ccnc3cc(OCCCN4CCOCC4)c(OC)cc23)c(F)c1. The van der Waals surface area contributed by atoms with Crippen LogP contribution in [0.2, 0.25) is 0 Å². The number of anilines is 1. The Morgan fingerprint density at radius 1 is 1.07 bits per heavy atom. The van der Waals surface area contributed by atoms with Gasteiger partial charge >= 0.3 is 5.97 Å². The predicted octanol–water partition coefficient (Wildman–Crippen LogP) is 4.92. The lowest BCUT2D eigenvalue weighted by Gasteiger charge is -2.26. The number of morpholine rings is 1. The quantitative estimate of drug-likeness (QED) is 0.170. The number of benzene rings is 2. The molecule has 1 aliphatic heterocycles. The van der Waals surface area contributed by atoms with Crippen molar-refractivity contribution in [1.29, 1.82) is 0 Å². The highest BCUT2D eigenvalue weighted by molar-refractivity contribution is 7.93. The van der Waals surface area contributed by atoms with Crippen LogP contribution in [0.25, 0.3) is 10.9 Å².